The molecule has 4 fully saturated rings. The molecule has 0 spiro atoms. The van der Waals surface area contributed by atoms with Crippen LogP contribution in [0.4, 0.5) is 11.4 Å². The molecule has 0 aliphatic heterocycles. The number of para-hydroxylation sites is 1. The molecule has 1 aromatic rings. The summed E-state index contributed by atoms with van der Waals surface area (Å²) in [7, 11) is 0. The van der Waals surface area contributed by atoms with E-state index in [2.05, 4.69) is 5.32 Å². The Bertz CT molecular complexity index is 538. The molecule has 0 aromatic heterocycles. The first-order valence-electron chi connectivity index (χ1n) is 7.96. The summed E-state index contributed by atoms with van der Waals surface area (Å²) in [6.07, 6.45) is 6.36. The highest BCUT2D eigenvalue weighted by atomic mass is 35.5. The van der Waals surface area contributed by atoms with Gasteiger partial charge in [-0.1, -0.05) is 17.7 Å². The van der Waals surface area contributed by atoms with Crippen molar-refractivity contribution in [1.29, 1.82) is 0 Å². The number of carbonyl (C=O) groups excluding carboxylic acids is 1. The molecule has 4 aliphatic rings. The Morgan fingerprint density at radius 3 is 2.29 bits per heavy atom. The summed E-state index contributed by atoms with van der Waals surface area (Å²) >= 11 is 6.17. The van der Waals surface area contributed by atoms with E-state index in [1.165, 1.54) is 32.1 Å². The fourth-order valence-corrected chi connectivity index (χ4v) is 5.46. The van der Waals surface area contributed by atoms with Crippen molar-refractivity contribution in [2.24, 2.45) is 29.6 Å². The molecule has 0 unspecified atom stereocenters. The van der Waals surface area contributed by atoms with Gasteiger partial charge in [-0.2, -0.15) is 0 Å². The minimum Gasteiger partial charge on any atom is -0.397 e. The van der Waals surface area contributed by atoms with Crippen molar-refractivity contribution in [3.63, 3.8) is 0 Å². The van der Waals surface area contributed by atoms with Crippen molar-refractivity contribution in [2.45, 2.75) is 32.1 Å². The fourth-order valence-electron chi connectivity index (χ4n) is 5.23. The van der Waals surface area contributed by atoms with E-state index in [1.54, 1.807) is 18.2 Å². The zero-order valence-electron chi connectivity index (χ0n) is 12.0. The Balaban J connectivity index is 1.55. The van der Waals surface area contributed by atoms with Crippen LogP contribution in [0.1, 0.15) is 32.1 Å². The van der Waals surface area contributed by atoms with E-state index in [0.717, 1.165) is 11.8 Å². The summed E-state index contributed by atoms with van der Waals surface area (Å²) in [5, 5.41) is 3.53. The van der Waals surface area contributed by atoms with Gasteiger partial charge in [0, 0.05) is 5.92 Å². The number of amides is 1. The number of halogens is 1. The molecule has 112 valence electrons. The molecule has 4 bridgehead atoms. The van der Waals surface area contributed by atoms with Crippen LogP contribution in [-0.2, 0) is 4.79 Å². The highest BCUT2D eigenvalue weighted by Gasteiger charge is 2.50. The molecular formula is C17H21ClN2O. The monoisotopic (exact) mass is 304 g/mol. The Morgan fingerprint density at radius 2 is 1.71 bits per heavy atom. The number of hydrogen-bond donors (Lipinski definition) is 2. The number of anilines is 2. The summed E-state index contributed by atoms with van der Waals surface area (Å²) in [6.45, 7) is 0. The van der Waals surface area contributed by atoms with Crippen molar-refractivity contribution < 1.29 is 4.79 Å². The number of benzene rings is 1. The molecule has 4 heteroatoms. The Hall–Kier alpha value is -1.22. The van der Waals surface area contributed by atoms with E-state index in [0.29, 0.717) is 28.2 Å². The molecule has 1 aromatic carbocycles. The summed E-state index contributed by atoms with van der Waals surface area (Å²) in [4.78, 5) is 12.8. The van der Waals surface area contributed by atoms with Crippen molar-refractivity contribution >= 4 is 28.9 Å². The van der Waals surface area contributed by atoms with Gasteiger partial charge in [-0.25, -0.2) is 0 Å². The highest BCUT2D eigenvalue weighted by molar-refractivity contribution is 6.34. The third-order valence-corrected chi connectivity index (χ3v) is 6.14. The zero-order valence-corrected chi connectivity index (χ0v) is 12.8. The quantitative estimate of drug-likeness (QED) is 0.813. The second-order valence-electron chi connectivity index (χ2n) is 7.15. The van der Waals surface area contributed by atoms with E-state index < -0.39 is 0 Å². The summed E-state index contributed by atoms with van der Waals surface area (Å²) in [6, 6.07) is 5.35. The second-order valence-corrected chi connectivity index (χ2v) is 7.56. The van der Waals surface area contributed by atoms with Gasteiger partial charge in [-0.05, 0) is 67.9 Å². The van der Waals surface area contributed by atoms with E-state index in [1.807, 2.05) is 0 Å². The van der Waals surface area contributed by atoms with Gasteiger partial charge in [-0.15, -0.1) is 0 Å². The predicted molar refractivity (Wildman–Crippen MR) is 85.0 cm³/mol. The number of hydrogen-bond acceptors (Lipinski definition) is 2. The Kier molecular flexibility index (Phi) is 3.14. The van der Waals surface area contributed by atoms with Gasteiger partial charge in [0.25, 0.3) is 0 Å². The van der Waals surface area contributed by atoms with Crippen molar-refractivity contribution in [3.05, 3.63) is 23.2 Å². The van der Waals surface area contributed by atoms with Crippen LogP contribution in [0, 0.1) is 29.6 Å². The van der Waals surface area contributed by atoms with E-state index in [-0.39, 0.29) is 11.8 Å². The number of nitrogen functional groups attached to an aromatic ring is 1. The Morgan fingerprint density at radius 1 is 1.10 bits per heavy atom. The molecule has 4 saturated carbocycles. The van der Waals surface area contributed by atoms with E-state index >= 15 is 0 Å². The molecule has 0 saturated heterocycles. The average molecular weight is 305 g/mol. The summed E-state index contributed by atoms with van der Waals surface area (Å²) in [5.74, 6) is 3.19. The number of carbonyl (C=O) groups is 1. The maximum atomic E-state index is 12.8. The second kappa shape index (κ2) is 4.91. The topological polar surface area (TPSA) is 55.1 Å². The molecule has 3 nitrogen and oxygen atoms in total. The average Bonchev–Trinajstić information content (AvgIpc) is 2.42. The first kappa shape index (κ1) is 13.4. The summed E-state index contributed by atoms with van der Waals surface area (Å²) < 4.78 is 0. The van der Waals surface area contributed by atoms with E-state index in [4.69, 9.17) is 17.3 Å². The van der Waals surface area contributed by atoms with Gasteiger partial charge < -0.3 is 11.1 Å². The molecule has 3 N–H and O–H groups in total. The molecule has 4 aliphatic carbocycles. The van der Waals surface area contributed by atoms with E-state index in [9.17, 15) is 4.79 Å². The maximum Gasteiger partial charge on any atom is 0.228 e. The largest absolute Gasteiger partial charge is 0.397 e. The molecular weight excluding hydrogens is 284 g/mol. The van der Waals surface area contributed by atoms with Crippen LogP contribution >= 0.6 is 11.6 Å². The molecule has 1 amide bonds. The lowest BCUT2D eigenvalue weighted by atomic mass is 9.51. The maximum absolute atomic E-state index is 12.8. The normalized spacial score (nSPS) is 36.7. The first-order valence-corrected chi connectivity index (χ1v) is 8.34. The van der Waals surface area contributed by atoms with Crippen LogP contribution in [0.25, 0.3) is 0 Å². The van der Waals surface area contributed by atoms with Gasteiger partial charge in [-0.3, -0.25) is 4.79 Å². The van der Waals surface area contributed by atoms with Crippen molar-refractivity contribution in [1.82, 2.24) is 0 Å². The number of rotatable bonds is 2. The summed E-state index contributed by atoms with van der Waals surface area (Å²) in [5.41, 5.74) is 7.07. The SMILES string of the molecule is Nc1cccc(Cl)c1NC(=O)C1C2CC3CC(C2)CC1C3. The van der Waals surface area contributed by atoms with Gasteiger partial charge in [0.1, 0.15) is 0 Å². The first-order chi connectivity index (χ1) is 10.1. The van der Waals surface area contributed by atoms with Crippen molar-refractivity contribution in [2.75, 3.05) is 11.1 Å². The molecule has 21 heavy (non-hydrogen) atoms. The molecule has 0 atom stereocenters. The Labute approximate surface area is 130 Å². The van der Waals surface area contributed by atoms with Gasteiger partial charge in [0.2, 0.25) is 5.91 Å². The van der Waals surface area contributed by atoms with Crippen LogP contribution in [0.2, 0.25) is 5.02 Å². The predicted octanol–water partition coefficient (Wildman–Crippen LogP) is 3.93. The van der Waals surface area contributed by atoms with Crippen LogP contribution in [0.5, 0.6) is 0 Å². The minimum absolute atomic E-state index is 0.128. The van der Waals surface area contributed by atoms with Crippen LogP contribution in [0.3, 0.4) is 0 Å². The number of nitrogens with two attached hydrogens (primary N) is 1. The van der Waals surface area contributed by atoms with Gasteiger partial charge >= 0.3 is 0 Å². The lowest BCUT2D eigenvalue weighted by Crippen LogP contribution is -2.49. The van der Waals surface area contributed by atoms with Crippen LogP contribution in [-0.4, -0.2) is 5.91 Å². The molecule has 0 radical (unpaired) electrons. The lowest BCUT2D eigenvalue weighted by Gasteiger charge is -2.53. The highest BCUT2D eigenvalue weighted by Crippen LogP contribution is 2.56. The third kappa shape index (κ3) is 2.22. The van der Waals surface area contributed by atoms with Crippen LogP contribution in [0.15, 0.2) is 18.2 Å². The fraction of sp³-hybridized carbons (Fsp3) is 0.588. The lowest BCUT2D eigenvalue weighted by molar-refractivity contribution is -0.132. The minimum atomic E-state index is 0.128. The zero-order chi connectivity index (χ0) is 14.6. The number of nitrogens with one attached hydrogen (secondary N) is 1. The molecule has 0 heterocycles. The third-order valence-electron chi connectivity index (χ3n) is 5.82. The standard InChI is InChI=1S/C17H21ClN2O/c18-13-2-1-3-14(19)16(13)20-17(21)15-11-5-9-4-10(7-11)8-12(15)6-9/h1-3,9-12,15H,4-8,19H2,(H,20,21). The molecule has 5 rings (SSSR count). The van der Waals surface area contributed by atoms with Gasteiger partial charge in [0.15, 0.2) is 0 Å². The smallest absolute Gasteiger partial charge is 0.228 e. The van der Waals surface area contributed by atoms with Crippen molar-refractivity contribution in [3.8, 4) is 0 Å². The van der Waals surface area contributed by atoms with Gasteiger partial charge in [0.05, 0.1) is 16.4 Å². The van der Waals surface area contributed by atoms with Crippen LogP contribution < -0.4 is 11.1 Å².